The summed E-state index contributed by atoms with van der Waals surface area (Å²) in [4.78, 5) is 19.8. The van der Waals surface area contributed by atoms with Crippen LogP contribution >= 0.6 is 0 Å². The van der Waals surface area contributed by atoms with E-state index in [4.69, 9.17) is 5.73 Å². The Morgan fingerprint density at radius 3 is 2.36 bits per heavy atom. The van der Waals surface area contributed by atoms with Crippen molar-refractivity contribution in [3.05, 3.63) is 59.4 Å². The van der Waals surface area contributed by atoms with E-state index in [0.717, 1.165) is 11.1 Å². The third kappa shape index (κ3) is 4.15. The predicted octanol–water partition coefficient (Wildman–Crippen LogP) is 2.43. The number of benzene rings is 1. The fourth-order valence-corrected chi connectivity index (χ4v) is 2.00. The van der Waals surface area contributed by atoms with Gasteiger partial charge in [-0.15, -0.1) is 0 Å². The van der Waals surface area contributed by atoms with Gasteiger partial charge in [0.2, 0.25) is 11.9 Å². The topological polar surface area (TPSA) is 80.9 Å². The Labute approximate surface area is 130 Å². The number of hydrogen-bond donors (Lipinski definition) is 2. The van der Waals surface area contributed by atoms with Crippen molar-refractivity contribution in [3.8, 4) is 0 Å². The van der Waals surface area contributed by atoms with Crippen LogP contribution in [-0.4, -0.2) is 15.9 Å². The lowest BCUT2D eigenvalue weighted by Gasteiger charge is -2.26. The molecule has 0 saturated heterocycles. The maximum atomic E-state index is 12.1. The standard InChI is InChI=1S/C17H20N4O/c1-12-4-7-14(8-5-12)17(2,3)21-15(22)9-6-13-10-19-16(18)20-11-13/h4-11H,1-3H3,(H,21,22)(H2,18,19,20)/b9-6+. The smallest absolute Gasteiger partial charge is 0.244 e. The van der Waals surface area contributed by atoms with Crippen LogP contribution in [0, 0.1) is 6.92 Å². The molecule has 0 fully saturated rings. The van der Waals surface area contributed by atoms with Crippen LogP contribution < -0.4 is 11.1 Å². The first-order chi connectivity index (χ1) is 10.4. The highest BCUT2D eigenvalue weighted by atomic mass is 16.1. The van der Waals surface area contributed by atoms with E-state index in [1.807, 2.05) is 45.0 Å². The fourth-order valence-electron chi connectivity index (χ4n) is 2.00. The minimum Gasteiger partial charge on any atom is -0.368 e. The summed E-state index contributed by atoms with van der Waals surface area (Å²) in [6.07, 6.45) is 6.25. The number of nitrogens with one attached hydrogen (secondary N) is 1. The van der Waals surface area contributed by atoms with Crippen LogP contribution in [0.1, 0.15) is 30.5 Å². The Morgan fingerprint density at radius 2 is 1.77 bits per heavy atom. The van der Waals surface area contributed by atoms with Crippen molar-refractivity contribution >= 4 is 17.9 Å². The number of nitrogens with two attached hydrogens (primary N) is 1. The number of carbonyl (C=O) groups excluding carboxylic acids is 1. The molecule has 1 heterocycles. The van der Waals surface area contributed by atoms with Gasteiger partial charge in [0, 0.05) is 24.0 Å². The highest BCUT2D eigenvalue weighted by Crippen LogP contribution is 2.20. The Balaban J connectivity index is 2.04. The van der Waals surface area contributed by atoms with Gasteiger partial charge in [-0.2, -0.15) is 0 Å². The minimum atomic E-state index is -0.452. The van der Waals surface area contributed by atoms with Crippen molar-refractivity contribution in [2.24, 2.45) is 0 Å². The van der Waals surface area contributed by atoms with Gasteiger partial charge >= 0.3 is 0 Å². The second kappa shape index (κ2) is 6.39. The van der Waals surface area contributed by atoms with Gasteiger partial charge in [-0.05, 0) is 32.4 Å². The summed E-state index contributed by atoms with van der Waals surface area (Å²) < 4.78 is 0. The Hall–Kier alpha value is -2.69. The number of nitrogens with zero attached hydrogens (tertiary/aromatic N) is 2. The SMILES string of the molecule is Cc1ccc(C(C)(C)NC(=O)/C=C/c2cnc(N)nc2)cc1. The zero-order valence-corrected chi connectivity index (χ0v) is 13.0. The summed E-state index contributed by atoms with van der Waals surface area (Å²) >= 11 is 0. The number of nitrogen functional groups attached to an aromatic ring is 1. The number of hydrogen-bond acceptors (Lipinski definition) is 4. The molecule has 5 nitrogen and oxygen atoms in total. The Kier molecular flexibility index (Phi) is 4.56. The van der Waals surface area contributed by atoms with E-state index in [2.05, 4.69) is 15.3 Å². The molecule has 1 aromatic heterocycles. The monoisotopic (exact) mass is 296 g/mol. The Bertz CT molecular complexity index is 673. The van der Waals surface area contributed by atoms with Gasteiger partial charge in [0.05, 0.1) is 5.54 Å². The number of aromatic nitrogens is 2. The average Bonchev–Trinajstić information content (AvgIpc) is 2.46. The summed E-state index contributed by atoms with van der Waals surface area (Å²) in [6.45, 7) is 5.97. The van der Waals surface area contributed by atoms with Crippen molar-refractivity contribution in [2.45, 2.75) is 26.3 Å². The summed E-state index contributed by atoms with van der Waals surface area (Å²) in [6, 6.07) is 8.11. The van der Waals surface area contributed by atoms with E-state index >= 15 is 0 Å². The molecule has 0 atom stereocenters. The van der Waals surface area contributed by atoms with Gasteiger partial charge in [-0.25, -0.2) is 9.97 Å². The molecule has 0 unspecified atom stereocenters. The summed E-state index contributed by atoms with van der Waals surface area (Å²) in [5.74, 6) is 0.0319. The summed E-state index contributed by atoms with van der Waals surface area (Å²) in [5, 5.41) is 2.98. The highest BCUT2D eigenvalue weighted by molar-refractivity contribution is 5.92. The van der Waals surface area contributed by atoms with E-state index in [0.29, 0.717) is 0 Å². The van der Waals surface area contributed by atoms with Crippen molar-refractivity contribution in [3.63, 3.8) is 0 Å². The molecule has 2 rings (SSSR count). The average molecular weight is 296 g/mol. The van der Waals surface area contributed by atoms with Crippen molar-refractivity contribution in [1.29, 1.82) is 0 Å². The van der Waals surface area contributed by atoms with Gasteiger partial charge < -0.3 is 11.1 Å². The number of anilines is 1. The van der Waals surface area contributed by atoms with E-state index in [1.165, 1.54) is 11.6 Å². The third-order valence-electron chi connectivity index (χ3n) is 3.33. The molecule has 5 heteroatoms. The maximum absolute atomic E-state index is 12.1. The molecule has 114 valence electrons. The molecule has 0 radical (unpaired) electrons. The van der Waals surface area contributed by atoms with Gasteiger partial charge in [0.15, 0.2) is 0 Å². The minimum absolute atomic E-state index is 0.178. The molecule has 1 amide bonds. The lowest BCUT2D eigenvalue weighted by Crippen LogP contribution is -2.40. The van der Waals surface area contributed by atoms with Gasteiger partial charge in [-0.1, -0.05) is 29.8 Å². The highest BCUT2D eigenvalue weighted by Gasteiger charge is 2.21. The lowest BCUT2D eigenvalue weighted by atomic mass is 9.93. The van der Waals surface area contributed by atoms with E-state index in [-0.39, 0.29) is 11.9 Å². The van der Waals surface area contributed by atoms with Crippen LogP contribution in [0.4, 0.5) is 5.95 Å². The van der Waals surface area contributed by atoms with Crippen LogP contribution in [0.15, 0.2) is 42.7 Å². The van der Waals surface area contributed by atoms with Crippen LogP contribution in [0.2, 0.25) is 0 Å². The summed E-state index contributed by atoms with van der Waals surface area (Å²) in [7, 11) is 0. The maximum Gasteiger partial charge on any atom is 0.244 e. The van der Waals surface area contributed by atoms with Gasteiger partial charge in [0.1, 0.15) is 0 Å². The second-order valence-corrected chi connectivity index (χ2v) is 5.69. The van der Waals surface area contributed by atoms with Crippen molar-refractivity contribution in [1.82, 2.24) is 15.3 Å². The largest absolute Gasteiger partial charge is 0.368 e. The molecule has 0 aliphatic heterocycles. The number of carbonyl (C=O) groups is 1. The first-order valence-electron chi connectivity index (χ1n) is 7.02. The molecular formula is C17H20N4O. The number of rotatable bonds is 4. The first-order valence-corrected chi connectivity index (χ1v) is 7.02. The molecular weight excluding hydrogens is 276 g/mol. The number of aryl methyl sites for hydroxylation is 1. The lowest BCUT2D eigenvalue weighted by molar-refractivity contribution is -0.118. The van der Waals surface area contributed by atoms with Crippen LogP contribution in [-0.2, 0) is 10.3 Å². The normalized spacial score (nSPS) is 11.6. The van der Waals surface area contributed by atoms with Crippen molar-refractivity contribution < 1.29 is 4.79 Å². The molecule has 22 heavy (non-hydrogen) atoms. The fraction of sp³-hybridized carbons (Fsp3) is 0.235. The second-order valence-electron chi connectivity index (χ2n) is 5.69. The van der Waals surface area contributed by atoms with Gasteiger partial charge in [-0.3, -0.25) is 4.79 Å². The van der Waals surface area contributed by atoms with E-state index in [1.54, 1.807) is 18.5 Å². The summed E-state index contributed by atoms with van der Waals surface area (Å²) in [5.41, 5.74) is 7.92. The predicted molar refractivity (Wildman–Crippen MR) is 87.8 cm³/mol. The van der Waals surface area contributed by atoms with E-state index in [9.17, 15) is 4.79 Å². The van der Waals surface area contributed by atoms with Gasteiger partial charge in [0.25, 0.3) is 0 Å². The third-order valence-corrected chi connectivity index (χ3v) is 3.33. The van der Waals surface area contributed by atoms with Crippen LogP contribution in [0.25, 0.3) is 6.08 Å². The molecule has 0 aliphatic carbocycles. The van der Waals surface area contributed by atoms with Crippen LogP contribution in [0.3, 0.4) is 0 Å². The molecule has 0 aliphatic rings. The van der Waals surface area contributed by atoms with Crippen molar-refractivity contribution in [2.75, 3.05) is 5.73 Å². The molecule has 0 bridgehead atoms. The van der Waals surface area contributed by atoms with E-state index < -0.39 is 5.54 Å². The molecule has 3 N–H and O–H groups in total. The zero-order valence-electron chi connectivity index (χ0n) is 13.0. The molecule has 0 saturated carbocycles. The Morgan fingerprint density at radius 1 is 1.18 bits per heavy atom. The quantitative estimate of drug-likeness (QED) is 0.849. The first kappa shape index (κ1) is 15.7. The van der Waals surface area contributed by atoms with Crippen LogP contribution in [0.5, 0.6) is 0 Å². The molecule has 2 aromatic rings. The zero-order chi connectivity index (χ0) is 16.2. The number of amides is 1. The molecule has 0 spiro atoms. The molecule has 1 aromatic carbocycles.